The van der Waals surface area contributed by atoms with E-state index in [1.54, 1.807) is 0 Å². The minimum absolute atomic E-state index is 1.18. The van der Waals surface area contributed by atoms with E-state index in [1.807, 2.05) is 0 Å². The third kappa shape index (κ3) is 2.34. The van der Waals surface area contributed by atoms with E-state index in [4.69, 9.17) is 0 Å². The second-order valence-corrected chi connectivity index (χ2v) is 9.51. The van der Waals surface area contributed by atoms with Crippen LogP contribution >= 0.6 is 0 Å². The number of anilines is 2. The molecule has 0 unspecified atom stereocenters. The van der Waals surface area contributed by atoms with Crippen molar-refractivity contribution in [1.29, 1.82) is 0 Å². The molecule has 3 aromatic heterocycles. The topological polar surface area (TPSA) is 11.5 Å². The van der Waals surface area contributed by atoms with Crippen molar-refractivity contribution < 1.29 is 4.57 Å². The van der Waals surface area contributed by atoms with Crippen LogP contribution in [0.4, 0.5) is 11.4 Å². The number of rotatable bonds is 2. The number of para-hydroxylation sites is 2. The summed E-state index contributed by atoms with van der Waals surface area (Å²) < 4.78 is 4.82. The first-order valence-corrected chi connectivity index (χ1v) is 11.8. The fourth-order valence-electron chi connectivity index (χ4n) is 5.91. The molecule has 0 amide bonds. The molecule has 0 aliphatic carbocycles. The molecular formula is C31H26N3+. The van der Waals surface area contributed by atoms with Crippen molar-refractivity contribution >= 4 is 60.4 Å². The monoisotopic (exact) mass is 440 g/mol. The Morgan fingerprint density at radius 3 is 2.38 bits per heavy atom. The van der Waals surface area contributed by atoms with E-state index in [9.17, 15) is 0 Å². The zero-order chi connectivity index (χ0) is 23.1. The summed E-state index contributed by atoms with van der Waals surface area (Å²) in [7, 11) is 4.34. The van der Waals surface area contributed by atoms with Crippen molar-refractivity contribution in [2.75, 3.05) is 11.9 Å². The second kappa shape index (κ2) is 6.71. The molecule has 0 spiro atoms. The van der Waals surface area contributed by atoms with Crippen LogP contribution in [0.3, 0.4) is 0 Å². The Morgan fingerprint density at radius 2 is 1.56 bits per heavy atom. The summed E-state index contributed by atoms with van der Waals surface area (Å²) in [6.45, 7) is 4.52. The molecule has 0 saturated heterocycles. The fourth-order valence-corrected chi connectivity index (χ4v) is 5.91. The minimum Gasteiger partial charge on any atom is -0.343 e. The maximum atomic E-state index is 2.52. The van der Waals surface area contributed by atoms with E-state index in [-0.39, 0.29) is 0 Å². The van der Waals surface area contributed by atoms with E-state index in [2.05, 4.69) is 127 Å². The van der Waals surface area contributed by atoms with Crippen LogP contribution in [0.1, 0.15) is 11.1 Å². The molecule has 3 nitrogen and oxygen atoms in total. The molecule has 0 fully saturated rings. The highest BCUT2D eigenvalue weighted by molar-refractivity contribution is 6.27. The average molecular weight is 441 g/mol. The van der Waals surface area contributed by atoms with Crippen molar-refractivity contribution in [3.05, 3.63) is 96.2 Å². The molecule has 7 rings (SSSR count). The summed E-state index contributed by atoms with van der Waals surface area (Å²) in [5, 5.41) is 6.58. The molecule has 0 aliphatic rings. The Labute approximate surface area is 198 Å². The van der Waals surface area contributed by atoms with Gasteiger partial charge in [-0.2, -0.15) is 0 Å². The lowest BCUT2D eigenvalue weighted by Crippen LogP contribution is -2.29. The fraction of sp³-hybridized carbons (Fsp3) is 0.129. The molecule has 0 bridgehead atoms. The van der Waals surface area contributed by atoms with Crippen molar-refractivity contribution in [3.8, 4) is 0 Å². The van der Waals surface area contributed by atoms with Crippen LogP contribution in [0, 0.1) is 13.8 Å². The Kier molecular flexibility index (Phi) is 3.82. The SMILES string of the molecule is Cc1cc2c3cccc(N(C)c4ccccc4)c3n3c4cccc5cc[n+](C)c(c(c1C)c23)c54. The van der Waals surface area contributed by atoms with E-state index in [0.29, 0.717) is 0 Å². The molecule has 0 aliphatic heterocycles. The normalized spacial score (nSPS) is 12.1. The van der Waals surface area contributed by atoms with Gasteiger partial charge in [0, 0.05) is 29.6 Å². The zero-order valence-corrected chi connectivity index (χ0v) is 19.9. The average Bonchev–Trinajstić information content (AvgIpc) is 3.20. The van der Waals surface area contributed by atoms with Gasteiger partial charge in [0.1, 0.15) is 7.05 Å². The first kappa shape index (κ1) is 19.4. The first-order valence-electron chi connectivity index (χ1n) is 11.8. The van der Waals surface area contributed by atoms with Gasteiger partial charge in [0.2, 0.25) is 5.52 Å². The lowest BCUT2D eigenvalue weighted by Gasteiger charge is -2.21. The van der Waals surface area contributed by atoms with Crippen LogP contribution in [0.2, 0.25) is 0 Å². The van der Waals surface area contributed by atoms with Crippen molar-refractivity contribution in [2.45, 2.75) is 13.8 Å². The van der Waals surface area contributed by atoms with Gasteiger partial charge in [-0.3, -0.25) is 0 Å². The summed E-state index contributed by atoms with van der Waals surface area (Å²) in [6, 6.07) is 28.7. The van der Waals surface area contributed by atoms with Gasteiger partial charge in [0.25, 0.3) is 0 Å². The number of pyridine rings is 2. The van der Waals surface area contributed by atoms with Crippen LogP contribution in [-0.4, -0.2) is 11.4 Å². The predicted octanol–water partition coefficient (Wildman–Crippen LogP) is 7.20. The standard InChI is InChI=1S/C31H26N3/c1-19-18-24-23-13-9-15-26(33(4)22-11-6-5-7-12-22)29(23)34-25-14-8-10-21-16-17-32(3)31(28(21)25)27(20(19)2)30(24)34/h5-18H,1-4H3/q+1. The van der Waals surface area contributed by atoms with Crippen molar-refractivity contribution in [2.24, 2.45) is 7.05 Å². The Morgan fingerprint density at radius 1 is 0.765 bits per heavy atom. The summed E-state index contributed by atoms with van der Waals surface area (Å²) in [5.41, 5.74) is 10.2. The van der Waals surface area contributed by atoms with Crippen molar-refractivity contribution in [1.82, 2.24) is 4.40 Å². The third-order valence-electron chi connectivity index (χ3n) is 7.70. The number of aromatic nitrogens is 2. The highest BCUT2D eigenvalue weighted by Crippen LogP contribution is 2.44. The maximum absolute atomic E-state index is 2.52. The van der Waals surface area contributed by atoms with Crippen LogP contribution in [0.5, 0.6) is 0 Å². The van der Waals surface area contributed by atoms with Crippen molar-refractivity contribution in [3.63, 3.8) is 0 Å². The molecule has 4 aromatic carbocycles. The van der Waals surface area contributed by atoms with Crippen LogP contribution in [-0.2, 0) is 7.05 Å². The van der Waals surface area contributed by atoms with E-state index < -0.39 is 0 Å². The molecule has 3 heteroatoms. The molecule has 164 valence electrons. The number of hydrogen-bond donors (Lipinski definition) is 0. The van der Waals surface area contributed by atoms with E-state index in [1.165, 1.54) is 71.5 Å². The Balaban J connectivity index is 1.81. The first-order chi connectivity index (χ1) is 16.6. The van der Waals surface area contributed by atoms with Gasteiger partial charge in [0.05, 0.1) is 33.0 Å². The van der Waals surface area contributed by atoms with Gasteiger partial charge in [-0.25, -0.2) is 4.57 Å². The second-order valence-electron chi connectivity index (χ2n) is 9.51. The summed E-state index contributed by atoms with van der Waals surface area (Å²) in [5.74, 6) is 0. The highest BCUT2D eigenvalue weighted by Gasteiger charge is 2.26. The summed E-state index contributed by atoms with van der Waals surface area (Å²) in [4.78, 5) is 2.31. The largest absolute Gasteiger partial charge is 0.343 e. The molecule has 3 heterocycles. The molecule has 0 atom stereocenters. The number of hydrogen-bond acceptors (Lipinski definition) is 1. The number of nitrogens with zero attached hydrogens (tertiary/aromatic N) is 3. The third-order valence-corrected chi connectivity index (χ3v) is 7.70. The zero-order valence-electron chi connectivity index (χ0n) is 19.9. The van der Waals surface area contributed by atoms with Crippen LogP contribution in [0.15, 0.2) is 85.1 Å². The lowest BCUT2D eigenvalue weighted by atomic mass is 9.96. The van der Waals surface area contributed by atoms with Gasteiger partial charge >= 0.3 is 0 Å². The van der Waals surface area contributed by atoms with Gasteiger partial charge in [-0.1, -0.05) is 42.5 Å². The predicted molar refractivity (Wildman–Crippen MR) is 144 cm³/mol. The molecular weight excluding hydrogens is 414 g/mol. The number of fused-ring (bicyclic) bond motifs is 5. The molecule has 34 heavy (non-hydrogen) atoms. The minimum atomic E-state index is 1.18. The smallest absolute Gasteiger partial charge is 0.224 e. The van der Waals surface area contributed by atoms with Gasteiger partial charge in [-0.15, -0.1) is 0 Å². The van der Waals surface area contributed by atoms with E-state index >= 15 is 0 Å². The van der Waals surface area contributed by atoms with Crippen LogP contribution in [0.25, 0.3) is 49.0 Å². The maximum Gasteiger partial charge on any atom is 0.224 e. The summed E-state index contributed by atoms with van der Waals surface area (Å²) >= 11 is 0. The Hall–Kier alpha value is -4.11. The molecule has 0 N–H and O–H groups in total. The molecule has 7 aromatic rings. The lowest BCUT2D eigenvalue weighted by molar-refractivity contribution is -0.643. The van der Waals surface area contributed by atoms with Gasteiger partial charge < -0.3 is 9.30 Å². The van der Waals surface area contributed by atoms with Gasteiger partial charge in [-0.05, 0) is 60.7 Å². The Bertz CT molecular complexity index is 1890. The van der Waals surface area contributed by atoms with Crippen LogP contribution < -0.4 is 9.47 Å². The number of benzene rings is 4. The summed E-state index contributed by atoms with van der Waals surface area (Å²) in [6.07, 6.45) is 2.20. The molecule has 0 radical (unpaired) electrons. The van der Waals surface area contributed by atoms with Gasteiger partial charge in [0.15, 0.2) is 6.20 Å². The number of aryl methyl sites for hydroxylation is 3. The highest BCUT2D eigenvalue weighted by atomic mass is 15.1. The molecule has 0 saturated carbocycles. The van der Waals surface area contributed by atoms with E-state index in [0.717, 1.165) is 0 Å². The quantitative estimate of drug-likeness (QED) is 0.157.